The summed E-state index contributed by atoms with van der Waals surface area (Å²) in [7, 11) is -3.55. The lowest BCUT2D eigenvalue weighted by atomic mass is 10.1. The summed E-state index contributed by atoms with van der Waals surface area (Å²) in [6.45, 7) is 3.44. The van der Waals surface area contributed by atoms with Crippen molar-refractivity contribution in [1.82, 2.24) is 9.29 Å². The van der Waals surface area contributed by atoms with E-state index >= 15 is 0 Å². The molecular weight excluding hydrogens is 278 g/mol. The Morgan fingerprint density at radius 1 is 1.45 bits per heavy atom. The highest BCUT2D eigenvalue weighted by molar-refractivity contribution is 7.89. The molecule has 2 N–H and O–H groups in total. The van der Waals surface area contributed by atoms with Crippen molar-refractivity contribution >= 4 is 15.7 Å². The van der Waals surface area contributed by atoms with Gasteiger partial charge < -0.3 is 10.4 Å². The first-order valence-corrected chi connectivity index (χ1v) is 8.35. The number of aliphatic hydroxyl groups is 1. The topological polar surface area (TPSA) is 82.5 Å². The summed E-state index contributed by atoms with van der Waals surface area (Å²) in [5.41, 5.74) is 0.591. The zero-order valence-corrected chi connectivity index (χ0v) is 12.4. The molecule has 1 saturated heterocycles. The summed E-state index contributed by atoms with van der Waals surface area (Å²) in [5, 5.41) is 12.6. The quantitative estimate of drug-likeness (QED) is 0.849. The number of nitrogens with one attached hydrogen (secondary N) is 1. The lowest BCUT2D eigenvalue weighted by Crippen LogP contribution is -2.40. The number of hydrogen-bond acceptors (Lipinski definition) is 5. The molecule has 1 aromatic rings. The van der Waals surface area contributed by atoms with Crippen molar-refractivity contribution in [1.29, 1.82) is 0 Å². The third-order valence-electron chi connectivity index (χ3n) is 3.39. The van der Waals surface area contributed by atoms with Gasteiger partial charge in [-0.3, -0.25) is 4.98 Å². The minimum absolute atomic E-state index is 0.213. The molecule has 0 radical (unpaired) electrons. The fourth-order valence-electron chi connectivity index (χ4n) is 2.21. The van der Waals surface area contributed by atoms with E-state index < -0.39 is 16.1 Å². The number of aliphatic hydroxyl groups excluding tert-OH is 1. The lowest BCUT2D eigenvalue weighted by molar-refractivity contribution is 0.113. The van der Waals surface area contributed by atoms with E-state index in [1.54, 1.807) is 12.3 Å². The second kappa shape index (κ2) is 6.51. The second-order valence-corrected chi connectivity index (χ2v) is 6.84. The van der Waals surface area contributed by atoms with E-state index in [1.165, 1.54) is 10.5 Å². The first kappa shape index (κ1) is 15.2. The summed E-state index contributed by atoms with van der Waals surface area (Å²) in [5.74, 6) is 0. The van der Waals surface area contributed by atoms with Crippen LogP contribution in [-0.2, 0) is 10.0 Å². The number of sulfonamides is 1. The minimum atomic E-state index is -3.55. The molecule has 0 atom stereocenters. The molecule has 0 saturated carbocycles. The number of anilines is 1. The van der Waals surface area contributed by atoms with Crippen molar-refractivity contribution in [2.24, 2.45) is 0 Å². The maximum atomic E-state index is 12.6. The molecule has 0 aliphatic carbocycles. The normalized spacial score (nSPS) is 18.1. The molecule has 0 unspecified atom stereocenters. The summed E-state index contributed by atoms with van der Waals surface area (Å²) in [6, 6.07) is 1.68. The third kappa shape index (κ3) is 3.28. The van der Waals surface area contributed by atoms with E-state index in [9.17, 15) is 13.5 Å². The third-order valence-corrected chi connectivity index (χ3v) is 5.32. The van der Waals surface area contributed by atoms with Gasteiger partial charge in [0, 0.05) is 32.0 Å². The molecular formula is C13H21N3O3S. The Balaban J connectivity index is 2.25. The predicted octanol–water partition coefficient (Wildman–Crippen LogP) is 1.05. The van der Waals surface area contributed by atoms with Crippen LogP contribution in [0.4, 0.5) is 5.69 Å². The van der Waals surface area contributed by atoms with Crippen LogP contribution in [0.5, 0.6) is 0 Å². The van der Waals surface area contributed by atoms with Gasteiger partial charge in [0.2, 0.25) is 10.0 Å². The van der Waals surface area contributed by atoms with Gasteiger partial charge >= 0.3 is 0 Å². The van der Waals surface area contributed by atoms with E-state index in [-0.39, 0.29) is 4.90 Å². The summed E-state index contributed by atoms with van der Waals surface area (Å²) >= 11 is 0. The summed E-state index contributed by atoms with van der Waals surface area (Å²) < 4.78 is 26.7. The van der Waals surface area contributed by atoms with Crippen LogP contribution in [-0.4, -0.2) is 48.6 Å². The number of hydrogen-bond donors (Lipinski definition) is 2. The molecule has 0 spiro atoms. The number of nitrogens with zero attached hydrogens (tertiary/aromatic N) is 2. The highest BCUT2D eigenvalue weighted by Gasteiger charge is 2.30. The zero-order chi connectivity index (χ0) is 14.6. The molecule has 1 aromatic heterocycles. The molecule has 2 heterocycles. The molecule has 1 aliphatic rings. The fraction of sp³-hybridized carbons (Fsp3) is 0.615. The van der Waals surface area contributed by atoms with Crippen LogP contribution in [0.3, 0.4) is 0 Å². The molecule has 112 valence electrons. The van der Waals surface area contributed by atoms with E-state index in [4.69, 9.17) is 0 Å². The predicted molar refractivity (Wildman–Crippen MR) is 77.0 cm³/mol. The van der Waals surface area contributed by atoms with Crippen molar-refractivity contribution in [3.8, 4) is 0 Å². The van der Waals surface area contributed by atoms with Crippen molar-refractivity contribution in [3.63, 3.8) is 0 Å². The van der Waals surface area contributed by atoms with Crippen LogP contribution >= 0.6 is 0 Å². The van der Waals surface area contributed by atoms with Crippen LogP contribution in [0.25, 0.3) is 0 Å². The van der Waals surface area contributed by atoms with E-state index in [2.05, 4.69) is 10.3 Å². The Kier molecular flexibility index (Phi) is 4.95. The van der Waals surface area contributed by atoms with E-state index in [0.29, 0.717) is 38.2 Å². The van der Waals surface area contributed by atoms with Gasteiger partial charge in [0.1, 0.15) is 4.90 Å². The largest absolute Gasteiger partial charge is 0.393 e. The smallest absolute Gasteiger partial charge is 0.246 e. The highest BCUT2D eigenvalue weighted by Crippen LogP contribution is 2.26. The minimum Gasteiger partial charge on any atom is -0.393 e. The van der Waals surface area contributed by atoms with Gasteiger partial charge in [-0.15, -0.1) is 0 Å². The molecule has 7 heteroatoms. The SMILES string of the molecule is CCCNc1ccncc1S(=O)(=O)N1CCC(O)CC1. The Morgan fingerprint density at radius 2 is 2.15 bits per heavy atom. The van der Waals surface area contributed by atoms with Crippen molar-refractivity contribution < 1.29 is 13.5 Å². The van der Waals surface area contributed by atoms with Crippen LogP contribution in [0.2, 0.25) is 0 Å². The number of rotatable bonds is 5. The first-order valence-electron chi connectivity index (χ1n) is 6.91. The summed E-state index contributed by atoms with van der Waals surface area (Å²) in [6.07, 6.45) is 4.45. The van der Waals surface area contributed by atoms with Crippen LogP contribution < -0.4 is 5.32 Å². The molecule has 2 rings (SSSR count). The van der Waals surface area contributed by atoms with Gasteiger partial charge in [-0.1, -0.05) is 6.92 Å². The Bertz CT molecular complexity index is 540. The van der Waals surface area contributed by atoms with E-state index in [1.807, 2.05) is 6.92 Å². The Labute approximate surface area is 119 Å². The Hall–Kier alpha value is -1.18. The standard InChI is InChI=1S/C13H21N3O3S/c1-2-6-15-12-3-7-14-10-13(12)20(18,19)16-8-4-11(17)5-9-16/h3,7,10-11,17H,2,4-6,8-9H2,1H3,(H,14,15). The highest BCUT2D eigenvalue weighted by atomic mass is 32.2. The maximum Gasteiger partial charge on any atom is 0.246 e. The summed E-state index contributed by atoms with van der Waals surface area (Å²) in [4.78, 5) is 4.15. The lowest BCUT2D eigenvalue weighted by Gasteiger charge is -2.29. The van der Waals surface area contributed by atoms with Crippen LogP contribution in [0, 0.1) is 0 Å². The van der Waals surface area contributed by atoms with Crippen molar-refractivity contribution in [3.05, 3.63) is 18.5 Å². The molecule has 0 amide bonds. The maximum absolute atomic E-state index is 12.6. The number of aromatic nitrogens is 1. The van der Waals surface area contributed by atoms with Gasteiger partial charge in [-0.25, -0.2) is 8.42 Å². The fourth-order valence-corrected chi connectivity index (χ4v) is 3.79. The number of pyridine rings is 1. The van der Waals surface area contributed by atoms with Crippen LogP contribution in [0.15, 0.2) is 23.4 Å². The van der Waals surface area contributed by atoms with Gasteiger partial charge in [0.25, 0.3) is 0 Å². The molecule has 6 nitrogen and oxygen atoms in total. The first-order chi connectivity index (χ1) is 9.55. The monoisotopic (exact) mass is 299 g/mol. The van der Waals surface area contributed by atoms with Crippen molar-refractivity contribution in [2.75, 3.05) is 25.0 Å². The average molecular weight is 299 g/mol. The van der Waals surface area contributed by atoms with Gasteiger partial charge in [0.15, 0.2) is 0 Å². The zero-order valence-electron chi connectivity index (χ0n) is 11.6. The van der Waals surface area contributed by atoms with Crippen LogP contribution in [0.1, 0.15) is 26.2 Å². The molecule has 0 bridgehead atoms. The molecule has 0 aromatic carbocycles. The Morgan fingerprint density at radius 3 is 2.80 bits per heavy atom. The average Bonchev–Trinajstić information content (AvgIpc) is 2.46. The van der Waals surface area contributed by atoms with Gasteiger partial charge in [-0.05, 0) is 25.3 Å². The second-order valence-electron chi connectivity index (χ2n) is 4.93. The van der Waals surface area contributed by atoms with Gasteiger partial charge in [-0.2, -0.15) is 4.31 Å². The van der Waals surface area contributed by atoms with E-state index in [0.717, 1.165) is 6.42 Å². The molecule has 20 heavy (non-hydrogen) atoms. The number of piperidine rings is 1. The molecule has 1 aliphatic heterocycles. The van der Waals surface area contributed by atoms with Crippen molar-refractivity contribution in [2.45, 2.75) is 37.2 Å². The molecule has 1 fully saturated rings. The van der Waals surface area contributed by atoms with Gasteiger partial charge in [0.05, 0.1) is 11.8 Å².